The third kappa shape index (κ3) is 4.63. The quantitative estimate of drug-likeness (QED) is 0.863. The van der Waals surface area contributed by atoms with Crippen LogP contribution in [0.15, 0.2) is 54.6 Å². The number of nitrogens with one attached hydrogen (secondary N) is 2. The number of rotatable bonds is 5. The molecule has 0 spiro atoms. The van der Waals surface area contributed by atoms with Gasteiger partial charge in [0.1, 0.15) is 6.61 Å². The van der Waals surface area contributed by atoms with E-state index in [1.54, 1.807) is 0 Å². The molecule has 0 heterocycles. The molecule has 0 saturated heterocycles. The summed E-state index contributed by atoms with van der Waals surface area (Å²) < 4.78 is 5.22. The highest BCUT2D eigenvalue weighted by molar-refractivity contribution is 6.30. The number of alkyl carbamates (subject to hydrolysis) is 1. The Balaban J connectivity index is 1.36. The summed E-state index contributed by atoms with van der Waals surface area (Å²) in [5.41, 5.74) is 1.99. The fourth-order valence-electron chi connectivity index (χ4n) is 2.60. The zero-order valence-electron chi connectivity index (χ0n) is 12.7. The van der Waals surface area contributed by atoms with E-state index < -0.39 is 0 Å². The number of carbonyl (C=O) groups excluding carboxylic acids is 1. The number of benzene rings is 2. The van der Waals surface area contributed by atoms with E-state index in [1.165, 1.54) is 0 Å². The number of hydrogen-bond donors (Lipinski definition) is 2. The first-order valence-corrected chi connectivity index (χ1v) is 8.06. The van der Waals surface area contributed by atoms with Crippen LogP contribution in [0.25, 0.3) is 0 Å². The van der Waals surface area contributed by atoms with Crippen LogP contribution in [0, 0.1) is 0 Å². The van der Waals surface area contributed by atoms with E-state index >= 15 is 0 Å². The van der Waals surface area contributed by atoms with E-state index in [9.17, 15) is 4.79 Å². The maximum atomic E-state index is 11.8. The van der Waals surface area contributed by atoms with E-state index in [4.69, 9.17) is 16.3 Å². The molecule has 1 aliphatic carbocycles. The third-order valence-electron chi connectivity index (χ3n) is 3.87. The highest BCUT2D eigenvalue weighted by Gasteiger charge is 2.30. The first-order chi connectivity index (χ1) is 11.2. The van der Waals surface area contributed by atoms with Crippen molar-refractivity contribution in [2.75, 3.05) is 5.32 Å². The van der Waals surface area contributed by atoms with Gasteiger partial charge >= 0.3 is 6.09 Å². The van der Waals surface area contributed by atoms with Crippen molar-refractivity contribution in [1.29, 1.82) is 0 Å². The van der Waals surface area contributed by atoms with Gasteiger partial charge in [0.05, 0.1) is 0 Å². The monoisotopic (exact) mass is 330 g/mol. The average Bonchev–Trinajstić information content (AvgIpc) is 2.52. The van der Waals surface area contributed by atoms with Gasteiger partial charge in [0.15, 0.2) is 0 Å². The Bertz CT molecular complexity index is 657. The summed E-state index contributed by atoms with van der Waals surface area (Å²) in [5.74, 6) is 0. The maximum absolute atomic E-state index is 11.8. The highest BCUT2D eigenvalue weighted by atomic mass is 35.5. The number of amides is 1. The predicted octanol–water partition coefficient (Wildman–Crippen LogP) is 4.21. The topological polar surface area (TPSA) is 50.4 Å². The Morgan fingerprint density at radius 3 is 2.61 bits per heavy atom. The van der Waals surface area contributed by atoms with Gasteiger partial charge < -0.3 is 15.4 Å². The van der Waals surface area contributed by atoms with Crippen LogP contribution in [0.4, 0.5) is 10.5 Å². The second-order valence-electron chi connectivity index (χ2n) is 5.73. The van der Waals surface area contributed by atoms with Gasteiger partial charge in [-0.15, -0.1) is 0 Å². The standard InChI is InChI=1S/C18H19ClN2O2/c19-14-7-4-8-15(9-14)20-16-10-17(11-16)21-18(22)23-12-13-5-2-1-3-6-13/h1-9,16-17,20H,10-12H2,(H,21,22). The molecule has 0 radical (unpaired) electrons. The Labute approximate surface area is 140 Å². The van der Waals surface area contributed by atoms with Crippen LogP contribution in [0.3, 0.4) is 0 Å². The smallest absolute Gasteiger partial charge is 0.407 e. The van der Waals surface area contributed by atoms with Crippen LogP contribution in [0.5, 0.6) is 0 Å². The van der Waals surface area contributed by atoms with Crippen molar-refractivity contribution in [3.05, 3.63) is 65.2 Å². The molecule has 120 valence electrons. The van der Waals surface area contributed by atoms with Crippen LogP contribution in [-0.4, -0.2) is 18.2 Å². The Morgan fingerprint density at radius 1 is 1.09 bits per heavy atom. The zero-order valence-corrected chi connectivity index (χ0v) is 13.4. The maximum Gasteiger partial charge on any atom is 0.407 e. The molecule has 1 fully saturated rings. The molecule has 0 aromatic heterocycles. The number of hydrogen-bond acceptors (Lipinski definition) is 3. The molecule has 0 aliphatic heterocycles. The van der Waals surface area contributed by atoms with Gasteiger partial charge in [-0.3, -0.25) is 0 Å². The fourth-order valence-corrected chi connectivity index (χ4v) is 2.79. The van der Waals surface area contributed by atoms with Crippen LogP contribution < -0.4 is 10.6 Å². The van der Waals surface area contributed by atoms with Crippen LogP contribution in [0.2, 0.25) is 5.02 Å². The van der Waals surface area contributed by atoms with Gasteiger partial charge in [-0.05, 0) is 36.6 Å². The van der Waals surface area contributed by atoms with E-state index in [-0.39, 0.29) is 12.1 Å². The minimum absolute atomic E-state index is 0.162. The molecule has 0 bridgehead atoms. The average molecular weight is 331 g/mol. The molecular formula is C18H19ClN2O2. The molecule has 1 amide bonds. The number of anilines is 1. The van der Waals surface area contributed by atoms with Gasteiger partial charge in [0.2, 0.25) is 0 Å². The van der Waals surface area contributed by atoms with Crippen LogP contribution in [0.1, 0.15) is 18.4 Å². The van der Waals surface area contributed by atoms with Crippen LogP contribution >= 0.6 is 11.6 Å². The molecule has 1 saturated carbocycles. The Kier molecular flexibility index (Phi) is 5.03. The zero-order chi connectivity index (χ0) is 16.1. The molecule has 5 heteroatoms. The van der Waals surface area contributed by atoms with Gasteiger partial charge in [0, 0.05) is 22.8 Å². The Morgan fingerprint density at radius 2 is 1.87 bits per heavy atom. The van der Waals surface area contributed by atoms with Crippen molar-refractivity contribution in [2.24, 2.45) is 0 Å². The first-order valence-electron chi connectivity index (χ1n) is 7.68. The van der Waals surface area contributed by atoms with Crippen molar-refractivity contribution in [1.82, 2.24) is 5.32 Å². The molecule has 4 nitrogen and oxygen atoms in total. The molecule has 0 atom stereocenters. The van der Waals surface area contributed by atoms with E-state index in [0.29, 0.717) is 17.7 Å². The minimum Gasteiger partial charge on any atom is -0.445 e. The molecular weight excluding hydrogens is 312 g/mol. The molecule has 0 unspecified atom stereocenters. The van der Waals surface area contributed by atoms with Crippen molar-refractivity contribution >= 4 is 23.4 Å². The summed E-state index contributed by atoms with van der Waals surface area (Å²) in [4.78, 5) is 11.8. The van der Waals surface area contributed by atoms with Gasteiger partial charge in [-0.25, -0.2) is 4.79 Å². The lowest BCUT2D eigenvalue weighted by molar-refractivity contribution is 0.129. The third-order valence-corrected chi connectivity index (χ3v) is 4.10. The normalized spacial score (nSPS) is 19.5. The predicted molar refractivity (Wildman–Crippen MR) is 91.6 cm³/mol. The van der Waals surface area contributed by atoms with Crippen molar-refractivity contribution in [3.63, 3.8) is 0 Å². The summed E-state index contributed by atoms with van der Waals surface area (Å²) in [5, 5.41) is 7.01. The van der Waals surface area contributed by atoms with Crippen LogP contribution in [-0.2, 0) is 11.3 Å². The lowest BCUT2D eigenvalue weighted by Crippen LogP contribution is -2.49. The summed E-state index contributed by atoms with van der Waals surface area (Å²) in [6.07, 6.45) is 1.40. The molecule has 2 aromatic carbocycles. The lowest BCUT2D eigenvalue weighted by Gasteiger charge is -2.36. The van der Waals surface area contributed by atoms with Crippen molar-refractivity contribution in [3.8, 4) is 0 Å². The second kappa shape index (κ2) is 7.38. The summed E-state index contributed by atoms with van der Waals surface area (Å²) >= 11 is 5.96. The molecule has 2 aromatic rings. The van der Waals surface area contributed by atoms with Gasteiger partial charge in [-0.1, -0.05) is 48.0 Å². The SMILES string of the molecule is O=C(NC1CC(Nc2cccc(Cl)c2)C1)OCc1ccccc1. The van der Waals surface area contributed by atoms with Gasteiger partial charge in [-0.2, -0.15) is 0 Å². The fraction of sp³-hybridized carbons (Fsp3) is 0.278. The molecule has 2 N–H and O–H groups in total. The summed E-state index contributed by atoms with van der Waals surface area (Å²) in [7, 11) is 0. The van der Waals surface area contributed by atoms with E-state index in [1.807, 2.05) is 54.6 Å². The van der Waals surface area contributed by atoms with E-state index in [2.05, 4.69) is 10.6 Å². The van der Waals surface area contributed by atoms with Crippen molar-refractivity contribution in [2.45, 2.75) is 31.5 Å². The summed E-state index contributed by atoms with van der Waals surface area (Å²) in [6.45, 7) is 0.295. The molecule has 23 heavy (non-hydrogen) atoms. The molecule has 1 aliphatic rings. The number of ether oxygens (including phenoxy) is 1. The van der Waals surface area contributed by atoms with Crippen molar-refractivity contribution < 1.29 is 9.53 Å². The number of halogens is 1. The van der Waals surface area contributed by atoms with Gasteiger partial charge in [0.25, 0.3) is 0 Å². The second-order valence-corrected chi connectivity index (χ2v) is 6.16. The Hall–Kier alpha value is -2.20. The summed E-state index contributed by atoms with van der Waals surface area (Å²) in [6, 6.07) is 17.8. The minimum atomic E-state index is -0.361. The first kappa shape index (κ1) is 15.7. The highest BCUT2D eigenvalue weighted by Crippen LogP contribution is 2.25. The largest absolute Gasteiger partial charge is 0.445 e. The molecule has 3 rings (SSSR count). The lowest BCUT2D eigenvalue weighted by atomic mass is 9.86. The van der Waals surface area contributed by atoms with E-state index in [0.717, 1.165) is 24.1 Å². The number of carbonyl (C=O) groups is 1.